The van der Waals surface area contributed by atoms with E-state index in [2.05, 4.69) is 9.69 Å². The van der Waals surface area contributed by atoms with E-state index in [4.69, 9.17) is 14.6 Å². The van der Waals surface area contributed by atoms with Gasteiger partial charge in [-0.25, -0.2) is 4.79 Å². The zero-order valence-corrected chi connectivity index (χ0v) is 11.9. The van der Waals surface area contributed by atoms with E-state index in [0.717, 1.165) is 17.1 Å². The number of carbonyl (C=O) groups is 1. The van der Waals surface area contributed by atoms with E-state index in [0.29, 0.717) is 23.0 Å². The van der Waals surface area contributed by atoms with Crippen LogP contribution in [0.4, 0.5) is 5.00 Å². The number of aromatic nitrogens is 1. The first-order valence-corrected chi connectivity index (χ1v) is 6.55. The van der Waals surface area contributed by atoms with E-state index in [1.54, 1.807) is 20.3 Å². The number of rotatable bonds is 6. The summed E-state index contributed by atoms with van der Waals surface area (Å²) >= 11 is 1.11. The monoisotopic (exact) mass is 294 g/mol. The molecule has 0 fully saturated rings. The van der Waals surface area contributed by atoms with Crippen molar-refractivity contribution in [3.63, 3.8) is 0 Å². The fraction of sp³-hybridized carbons (Fsp3) is 0.231. The molecule has 2 N–H and O–H groups in total. The van der Waals surface area contributed by atoms with Gasteiger partial charge in [0.25, 0.3) is 0 Å². The summed E-state index contributed by atoms with van der Waals surface area (Å²) in [5.41, 5.74) is 1.07. The Kier molecular flexibility index (Phi) is 4.41. The highest BCUT2D eigenvalue weighted by molar-refractivity contribution is 7.10. The van der Waals surface area contributed by atoms with Crippen LogP contribution < -0.4 is 14.8 Å². The number of nitrogens with zero attached hydrogens (tertiary/aromatic N) is 1. The van der Waals surface area contributed by atoms with Crippen molar-refractivity contribution in [3.05, 3.63) is 35.5 Å². The van der Waals surface area contributed by atoms with Gasteiger partial charge in [0.15, 0.2) is 0 Å². The van der Waals surface area contributed by atoms with Gasteiger partial charge in [0.1, 0.15) is 22.1 Å². The standard InChI is InChI=1S/C13H14N2O4S/c1-18-9-4-3-8(11(5-9)19-2)6-14-12-10(13(16)17)7-15-20-12/h3-5,7,14H,6H2,1-2H3,(H,16,17). The summed E-state index contributed by atoms with van der Waals surface area (Å²) in [6, 6.07) is 5.47. The summed E-state index contributed by atoms with van der Waals surface area (Å²) < 4.78 is 14.3. The molecule has 2 rings (SSSR count). The number of methoxy groups -OCH3 is 2. The smallest absolute Gasteiger partial charge is 0.340 e. The van der Waals surface area contributed by atoms with Crippen molar-refractivity contribution in [2.45, 2.75) is 6.54 Å². The number of anilines is 1. The molecule has 0 atom stereocenters. The van der Waals surface area contributed by atoms with E-state index in [9.17, 15) is 4.79 Å². The third-order valence-electron chi connectivity index (χ3n) is 2.73. The van der Waals surface area contributed by atoms with Gasteiger partial charge in [-0.2, -0.15) is 4.37 Å². The first-order chi connectivity index (χ1) is 9.65. The average molecular weight is 294 g/mol. The molecule has 106 valence electrons. The van der Waals surface area contributed by atoms with Crippen LogP contribution >= 0.6 is 11.5 Å². The molecule has 0 aliphatic carbocycles. The SMILES string of the molecule is COc1ccc(CNc2sncc2C(=O)O)c(OC)c1. The third-order valence-corrected chi connectivity index (χ3v) is 3.49. The Morgan fingerprint density at radius 1 is 1.40 bits per heavy atom. The van der Waals surface area contributed by atoms with E-state index >= 15 is 0 Å². The molecule has 0 saturated heterocycles. The van der Waals surface area contributed by atoms with Gasteiger partial charge in [0.05, 0.1) is 20.4 Å². The number of ether oxygens (including phenoxy) is 2. The Bertz CT molecular complexity index is 612. The van der Waals surface area contributed by atoms with Crippen molar-refractivity contribution in [2.24, 2.45) is 0 Å². The minimum absolute atomic E-state index is 0.169. The largest absolute Gasteiger partial charge is 0.497 e. The quantitative estimate of drug-likeness (QED) is 0.852. The number of hydrogen-bond acceptors (Lipinski definition) is 6. The predicted molar refractivity (Wildman–Crippen MR) is 75.9 cm³/mol. The number of nitrogens with one attached hydrogen (secondary N) is 1. The van der Waals surface area contributed by atoms with Gasteiger partial charge in [-0.15, -0.1) is 0 Å². The Morgan fingerprint density at radius 3 is 2.85 bits per heavy atom. The maximum atomic E-state index is 11.0. The maximum absolute atomic E-state index is 11.0. The van der Waals surface area contributed by atoms with Gasteiger partial charge < -0.3 is 19.9 Å². The number of carboxylic acid groups (broad SMARTS) is 1. The molecular formula is C13H14N2O4S. The lowest BCUT2D eigenvalue weighted by molar-refractivity contribution is 0.0698. The van der Waals surface area contributed by atoms with Crippen LogP contribution in [0.3, 0.4) is 0 Å². The number of aromatic carboxylic acids is 1. The molecule has 1 aromatic carbocycles. The second kappa shape index (κ2) is 6.25. The molecule has 6 nitrogen and oxygen atoms in total. The second-order valence-electron chi connectivity index (χ2n) is 3.91. The van der Waals surface area contributed by atoms with Crippen molar-refractivity contribution in [1.82, 2.24) is 4.37 Å². The van der Waals surface area contributed by atoms with E-state index in [1.165, 1.54) is 6.20 Å². The van der Waals surface area contributed by atoms with Crippen LogP contribution in [0.1, 0.15) is 15.9 Å². The highest BCUT2D eigenvalue weighted by atomic mass is 32.1. The molecule has 0 amide bonds. The van der Waals surface area contributed by atoms with Crippen LogP contribution in [0, 0.1) is 0 Å². The molecule has 0 bridgehead atoms. The summed E-state index contributed by atoms with van der Waals surface area (Å²) in [5, 5.41) is 12.6. The van der Waals surface area contributed by atoms with Gasteiger partial charge in [-0.05, 0) is 23.7 Å². The predicted octanol–water partition coefficient (Wildman–Crippen LogP) is 2.47. The summed E-state index contributed by atoms with van der Waals surface area (Å²) in [7, 11) is 3.16. The maximum Gasteiger partial charge on any atom is 0.340 e. The summed E-state index contributed by atoms with van der Waals surface area (Å²) in [4.78, 5) is 11.0. The summed E-state index contributed by atoms with van der Waals surface area (Å²) in [5.74, 6) is 0.385. The second-order valence-corrected chi connectivity index (χ2v) is 4.71. The number of hydrogen-bond donors (Lipinski definition) is 2. The van der Waals surface area contributed by atoms with Crippen molar-refractivity contribution in [2.75, 3.05) is 19.5 Å². The molecular weight excluding hydrogens is 280 g/mol. The minimum Gasteiger partial charge on any atom is -0.497 e. The zero-order valence-electron chi connectivity index (χ0n) is 11.0. The van der Waals surface area contributed by atoms with Crippen molar-refractivity contribution < 1.29 is 19.4 Å². The van der Waals surface area contributed by atoms with Gasteiger partial charge >= 0.3 is 5.97 Å². The molecule has 0 spiro atoms. The lowest BCUT2D eigenvalue weighted by Crippen LogP contribution is -2.04. The summed E-state index contributed by atoms with van der Waals surface area (Å²) in [6.07, 6.45) is 1.33. The van der Waals surface area contributed by atoms with E-state index in [1.807, 2.05) is 12.1 Å². The van der Waals surface area contributed by atoms with Gasteiger partial charge in [-0.1, -0.05) is 0 Å². The zero-order chi connectivity index (χ0) is 14.5. The Labute approximate surface area is 120 Å². The van der Waals surface area contributed by atoms with Crippen LogP contribution in [0.2, 0.25) is 0 Å². The Balaban J connectivity index is 2.14. The van der Waals surface area contributed by atoms with E-state index < -0.39 is 5.97 Å². The van der Waals surface area contributed by atoms with E-state index in [-0.39, 0.29) is 5.56 Å². The van der Waals surface area contributed by atoms with Gasteiger partial charge in [0, 0.05) is 18.2 Å². The fourth-order valence-electron chi connectivity index (χ4n) is 1.69. The van der Waals surface area contributed by atoms with Crippen LogP contribution in [0.15, 0.2) is 24.4 Å². The summed E-state index contributed by atoms with van der Waals surface area (Å²) in [6.45, 7) is 0.440. The lowest BCUT2D eigenvalue weighted by Gasteiger charge is -2.11. The molecule has 7 heteroatoms. The number of carboxylic acids is 1. The van der Waals surface area contributed by atoms with Crippen LogP contribution in [-0.4, -0.2) is 29.7 Å². The number of benzene rings is 1. The van der Waals surface area contributed by atoms with Crippen molar-refractivity contribution in [1.29, 1.82) is 0 Å². The van der Waals surface area contributed by atoms with Gasteiger partial charge in [-0.3, -0.25) is 0 Å². The molecule has 1 heterocycles. The van der Waals surface area contributed by atoms with Crippen LogP contribution in [0.5, 0.6) is 11.5 Å². The topological polar surface area (TPSA) is 80.7 Å². The molecule has 0 aliphatic heterocycles. The molecule has 20 heavy (non-hydrogen) atoms. The average Bonchev–Trinajstić information content (AvgIpc) is 2.93. The van der Waals surface area contributed by atoms with Crippen LogP contribution in [0.25, 0.3) is 0 Å². The molecule has 0 unspecified atom stereocenters. The molecule has 2 aromatic rings. The Morgan fingerprint density at radius 2 is 2.20 bits per heavy atom. The minimum atomic E-state index is -0.997. The Hall–Kier alpha value is -2.28. The fourth-order valence-corrected chi connectivity index (χ4v) is 2.33. The van der Waals surface area contributed by atoms with Crippen LogP contribution in [-0.2, 0) is 6.54 Å². The molecule has 0 aliphatic rings. The normalized spacial score (nSPS) is 10.1. The molecule has 0 radical (unpaired) electrons. The molecule has 0 saturated carbocycles. The first kappa shape index (κ1) is 14.1. The third kappa shape index (κ3) is 3.00. The highest BCUT2D eigenvalue weighted by Crippen LogP contribution is 2.27. The molecule has 1 aromatic heterocycles. The highest BCUT2D eigenvalue weighted by Gasteiger charge is 2.13. The van der Waals surface area contributed by atoms with Crippen molar-refractivity contribution >= 4 is 22.5 Å². The van der Waals surface area contributed by atoms with Gasteiger partial charge in [0.2, 0.25) is 0 Å². The first-order valence-electron chi connectivity index (χ1n) is 5.78. The lowest BCUT2D eigenvalue weighted by atomic mass is 10.2. The van der Waals surface area contributed by atoms with Crippen molar-refractivity contribution in [3.8, 4) is 11.5 Å².